The fourth-order valence-electron chi connectivity index (χ4n) is 2.93. The molecule has 1 amide bonds. The molecule has 0 saturated carbocycles. The van der Waals surface area contributed by atoms with Crippen LogP contribution in [0.1, 0.15) is 18.1 Å². The lowest BCUT2D eigenvalue weighted by Gasteiger charge is -2.26. The quantitative estimate of drug-likeness (QED) is 0.911. The number of para-hydroxylation sites is 1. The van der Waals surface area contributed by atoms with E-state index in [1.54, 1.807) is 0 Å². The van der Waals surface area contributed by atoms with Gasteiger partial charge in [0, 0.05) is 24.5 Å². The number of benzene rings is 2. The molecule has 4 nitrogen and oxygen atoms in total. The molecular formula is C18H21N3O. The molecule has 0 radical (unpaired) electrons. The highest BCUT2D eigenvalue weighted by atomic mass is 16.2. The van der Waals surface area contributed by atoms with E-state index in [1.807, 2.05) is 43.3 Å². The van der Waals surface area contributed by atoms with Crippen LogP contribution in [0.2, 0.25) is 0 Å². The summed E-state index contributed by atoms with van der Waals surface area (Å²) in [4.78, 5) is 14.7. The number of nitrogens with zero attached hydrogens (tertiary/aromatic N) is 1. The monoisotopic (exact) mass is 295 g/mol. The summed E-state index contributed by atoms with van der Waals surface area (Å²) in [7, 11) is 0. The second-order valence-corrected chi connectivity index (χ2v) is 5.64. The molecule has 1 unspecified atom stereocenters. The summed E-state index contributed by atoms with van der Waals surface area (Å²) in [5.74, 6) is 0.00544. The molecular weight excluding hydrogens is 274 g/mol. The molecule has 1 heterocycles. The van der Waals surface area contributed by atoms with E-state index in [9.17, 15) is 4.79 Å². The molecule has 2 aromatic carbocycles. The summed E-state index contributed by atoms with van der Waals surface area (Å²) in [5, 5.41) is 2.99. The fraction of sp³-hybridized carbons (Fsp3) is 0.278. The number of hydrogen-bond donors (Lipinski definition) is 2. The number of nitrogens with one attached hydrogen (secondary N) is 1. The van der Waals surface area contributed by atoms with Crippen LogP contribution in [0.5, 0.6) is 0 Å². The van der Waals surface area contributed by atoms with Gasteiger partial charge in [0.2, 0.25) is 5.91 Å². The number of amides is 1. The number of anilines is 2. The average Bonchev–Trinajstić information content (AvgIpc) is 2.98. The Morgan fingerprint density at radius 3 is 2.91 bits per heavy atom. The Kier molecular flexibility index (Phi) is 4.11. The van der Waals surface area contributed by atoms with E-state index in [0.717, 1.165) is 24.2 Å². The van der Waals surface area contributed by atoms with Gasteiger partial charge in [-0.15, -0.1) is 0 Å². The highest BCUT2D eigenvalue weighted by Crippen LogP contribution is 2.29. The Bertz CT molecular complexity index is 684. The summed E-state index contributed by atoms with van der Waals surface area (Å²) in [6.45, 7) is 3.31. The SMILES string of the molecule is CC(C(=O)Nc1cccc(CN)c1)N1CCc2ccccc21. The standard InChI is InChI=1S/C18H21N3O/c1-13(21-10-9-15-6-2-3-8-17(15)21)18(22)20-16-7-4-5-14(11-16)12-19/h2-8,11,13H,9-10,12,19H2,1H3,(H,20,22). The van der Waals surface area contributed by atoms with Gasteiger partial charge >= 0.3 is 0 Å². The maximum absolute atomic E-state index is 12.5. The van der Waals surface area contributed by atoms with Crippen molar-refractivity contribution in [3.8, 4) is 0 Å². The number of fused-ring (bicyclic) bond motifs is 1. The Labute approximate surface area is 130 Å². The van der Waals surface area contributed by atoms with Crippen LogP contribution in [0.3, 0.4) is 0 Å². The molecule has 1 aliphatic heterocycles. The van der Waals surface area contributed by atoms with Crippen molar-refractivity contribution in [1.82, 2.24) is 0 Å². The average molecular weight is 295 g/mol. The molecule has 0 aliphatic carbocycles. The van der Waals surface area contributed by atoms with Crippen molar-refractivity contribution >= 4 is 17.3 Å². The van der Waals surface area contributed by atoms with Crippen molar-refractivity contribution in [3.05, 3.63) is 59.7 Å². The van der Waals surface area contributed by atoms with Gasteiger partial charge in [0.25, 0.3) is 0 Å². The van der Waals surface area contributed by atoms with E-state index < -0.39 is 0 Å². The Morgan fingerprint density at radius 1 is 1.27 bits per heavy atom. The van der Waals surface area contributed by atoms with E-state index in [-0.39, 0.29) is 11.9 Å². The van der Waals surface area contributed by atoms with Crippen LogP contribution < -0.4 is 16.0 Å². The molecule has 4 heteroatoms. The Morgan fingerprint density at radius 2 is 2.09 bits per heavy atom. The van der Waals surface area contributed by atoms with E-state index in [0.29, 0.717) is 6.54 Å². The number of carbonyl (C=O) groups is 1. The minimum Gasteiger partial charge on any atom is -0.359 e. The lowest BCUT2D eigenvalue weighted by Crippen LogP contribution is -2.41. The van der Waals surface area contributed by atoms with Crippen molar-refractivity contribution in [2.24, 2.45) is 5.73 Å². The molecule has 3 N–H and O–H groups in total. The Balaban J connectivity index is 1.73. The maximum Gasteiger partial charge on any atom is 0.246 e. The Hall–Kier alpha value is -2.33. The van der Waals surface area contributed by atoms with Gasteiger partial charge in [-0.3, -0.25) is 4.79 Å². The summed E-state index contributed by atoms with van der Waals surface area (Å²) in [6, 6.07) is 15.8. The number of rotatable bonds is 4. The van der Waals surface area contributed by atoms with Crippen molar-refractivity contribution in [3.63, 3.8) is 0 Å². The third-order valence-electron chi connectivity index (χ3n) is 4.20. The predicted octanol–water partition coefficient (Wildman–Crippen LogP) is 2.54. The molecule has 1 aliphatic rings. The van der Waals surface area contributed by atoms with Crippen LogP contribution in [0, 0.1) is 0 Å². The van der Waals surface area contributed by atoms with Crippen LogP contribution in [-0.4, -0.2) is 18.5 Å². The van der Waals surface area contributed by atoms with Crippen LogP contribution in [0.25, 0.3) is 0 Å². The van der Waals surface area contributed by atoms with Crippen molar-refractivity contribution in [2.45, 2.75) is 25.9 Å². The van der Waals surface area contributed by atoms with Gasteiger partial charge < -0.3 is 16.0 Å². The number of carbonyl (C=O) groups excluding carboxylic acids is 1. The highest BCUT2D eigenvalue weighted by molar-refractivity contribution is 5.97. The van der Waals surface area contributed by atoms with Crippen molar-refractivity contribution in [2.75, 3.05) is 16.8 Å². The lowest BCUT2D eigenvalue weighted by atomic mass is 10.1. The largest absolute Gasteiger partial charge is 0.359 e. The third-order valence-corrected chi connectivity index (χ3v) is 4.20. The summed E-state index contributed by atoms with van der Waals surface area (Å²) < 4.78 is 0. The molecule has 2 aromatic rings. The minimum absolute atomic E-state index is 0.00544. The zero-order valence-electron chi connectivity index (χ0n) is 12.8. The summed E-state index contributed by atoms with van der Waals surface area (Å²) in [6.07, 6.45) is 0.996. The van der Waals surface area contributed by atoms with Gasteiger partial charge in [-0.05, 0) is 42.7 Å². The van der Waals surface area contributed by atoms with Crippen LogP contribution in [0.4, 0.5) is 11.4 Å². The number of nitrogens with two attached hydrogens (primary N) is 1. The highest BCUT2D eigenvalue weighted by Gasteiger charge is 2.27. The topological polar surface area (TPSA) is 58.4 Å². The van der Waals surface area contributed by atoms with Gasteiger partial charge in [0.05, 0.1) is 0 Å². The molecule has 0 aromatic heterocycles. The molecule has 3 rings (SSSR count). The molecule has 0 saturated heterocycles. The van der Waals surface area contributed by atoms with Gasteiger partial charge in [-0.25, -0.2) is 0 Å². The normalized spacial score (nSPS) is 14.5. The van der Waals surface area contributed by atoms with Gasteiger partial charge in [-0.1, -0.05) is 30.3 Å². The van der Waals surface area contributed by atoms with E-state index in [1.165, 1.54) is 11.3 Å². The zero-order valence-corrected chi connectivity index (χ0v) is 12.8. The number of hydrogen-bond acceptors (Lipinski definition) is 3. The smallest absolute Gasteiger partial charge is 0.246 e. The minimum atomic E-state index is -0.204. The first kappa shape index (κ1) is 14.6. The zero-order chi connectivity index (χ0) is 15.5. The van der Waals surface area contributed by atoms with Crippen LogP contribution in [0.15, 0.2) is 48.5 Å². The van der Waals surface area contributed by atoms with Gasteiger partial charge in [-0.2, -0.15) is 0 Å². The van der Waals surface area contributed by atoms with Crippen LogP contribution >= 0.6 is 0 Å². The molecule has 0 spiro atoms. The summed E-state index contributed by atoms with van der Waals surface area (Å²) >= 11 is 0. The van der Waals surface area contributed by atoms with Crippen molar-refractivity contribution < 1.29 is 4.79 Å². The third kappa shape index (κ3) is 2.83. The maximum atomic E-state index is 12.5. The van der Waals surface area contributed by atoms with E-state index >= 15 is 0 Å². The first-order valence-electron chi connectivity index (χ1n) is 7.63. The molecule has 114 valence electrons. The second-order valence-electron chi connectivity index (χ2n) is 5.64. The van der Waals surface area contributed by atoms with E-state index in [4.69, 9.17) is 5.73 Å². The van der Waals surface area contributed by atoms with E-state index in [2.05, 4.69) is 22.3 Å². The predicted molar refractivity (Wildman–Crippen MR) is 89.9 cm³/mol. The molecule has 0 fully saturated rings. The lowest BCUT2D eigenvalue weighted by molar-refractivity contribution is -0.117. The van der Waals surface area contributed by atoms with Crippen LogP contribution in [-0.2, 0) is 17.8 Å². The van der Waals surface area contributed by atoms with Gasteiger partial charge in [0.1, 0.15) is 6.04 Å². The van der Waals surface area contributed by atoms with Gasteiger partial charge in [0.15, 0.2) is 0 Å². The summed E-state index contributed by atoms with van der Waals surface area (Å²) in [5.41, 5.74) is 9.93. The van der Waals surface area contributed by atoms with Crippen molar-refractivity contribution in [1.29, 1.82) is 0 Å². The second kappa shape index (κ2) is 6.20. The molecule has 22 heavy (non-hydrogen) atoms. The molecule has 1 atom stereocenters. The first-order valence-corrected chi connectivity index (χ1v) is 7.63. The fourth-order valence-corrected chi connectivity index (χ4v) is 2.93. The first-order chi connectivity index (χ1) is 10.7. The molecule has 0 bridgehead atoms.